The average Bonchev–Trinajstić information content (AvgIpc) is 3.58. The zero-order valence-corrected chi connectivity index (χ0v) is 23.1. The summed E-state index contributed by atoms with van der Waals surface area (Å²) in [4.78, 5) is 42.2. The first-order valence-electron chi connectivity index (χ1n) is 13.8. The first-order chi connectivity index (χ1) is 18.4. The fourth-order valence-electron chi connectivity index (χ4n) is 5.43. The van der Waals surface area contributed by atoms with Crippen LogP contribution >= 0.6 is 11.5 Å². The van der Waals surface area contributed by atoms with Crippen LogP contribution < -0.4 is 26.0 Å². The first-order valence-corrected chi connectivity index (χ1v) is 14.5. The van der Waals surface area contributed by atoms with Crippen molar-refractivity contribution < 1.29 is 19.1 Å². The molecule has 0 bridgehead atoms. The van der Waals surface area contributed by atoms with Crippen LogP contribution in [-0.4, -0.2) is 47.3 Å². The van der Waals surface area contributed by atoms with Gasteiger partial charge in [0.1, 0.15) is 16.7 Å². The van der Waals surface area contributed by atoms with Crippen LogP contribution in [0.4, 0.5) is 11.4 Å². The topological polar surface area (TPSA) is 127 Å². The molecule has 4 N–H and O–H groups in total. The predicted octanol–water partition coefficient (Wildman–Crippen LogP) is 4.67. The van der Waals surface area contributed by atoms with Crippen molar-refractivity contribution in [1.29, 1.82) is 0 Å². The largest absolute Gasteiger partial charge is 0.497 e. The molecule has 2 aliphatic carbocycles. The Labute approximate surface area is 228 Å². The van der Waals surface area contributed by atoms with Crippen molar-refractivity contribution in [1.82, 2.24) is 15.0 Å². The molecule has 0 saturated heterocycles. The van der Waals surface area contributed by atoms with E-state index < -0.39 is 11.9 Å². The van der Waals surface area contributed by atoms with Gasteiger partial charge in [-0.15, -0.1) is 0 Å². The van der Waals surface area contributed by atoms with Gasteiger partial charge in [-0.3, -0.25) is 19.3 Å². The third-order valence-electron chi connectivity index (χ3n) is 7.53. The number of nitrogens with two attached hydrogens (primary N) is 1. The van der Waals surface area contributed by atoms with E-state index in [1.807, 2.05) is 6.92 Å². The minimum absolute atomic E-state index is 0.0540. The Kier molecular flexibility index (Phi) is 9.60. The van der Waals surface area contributed by atoms with E-state index in [1.54, 1.807) is 31.4 Å². The molecule has 1 heterocycles. The van der Waals surface area contributed by atoms with Crippen LogP contribution in [0.25, 0.3) is 0 Å². The van der Waals surface area contributed by atoms with Gasteiger partial charge in [-0.1, -0.05) is 45.4 Å². The van der Waals surface area contributed by atoms with Gasteiger partial charge in [0, 0.05) is 17.8 Å². The van der Waals surface area contributed by atoms with Gasteiger partial charge in [0.2, 0.25) is 5.91 Å². The predicted molar refractivity (Wildman–Crippen MR) is 150 cm³/mol. The van der Waals surface area contributed by atoms with Crippen molar-refractivity contribution in [2.24, 2.45) is 0 Å². The van der Waals surface area contributed by atoms with Crippen LogP contribution in [0.2, 0.25) is 0 Å². The summed E-state index contributed by atoms with van der Waals surface area (Å²) in [6.45, 7) is 1.99. The molecule has 3 amide bonds. The lowest BCUT2D eigenvalue weighted by Crippen LogP contribution is -2.51. The highest BCUT2D eigenvalue weighted by Gasteiger charge is 2.35. The van der Waals surface area contributed by atoms with Crippen LogP contribution in [0.15, 0.2) is 24.3 Å². The SMILES string of the molecule is CCCC(C(=O)NC1CCCC1)N(C(=O)c1snc(C(=O)NC2CCCCC2)c1N)c1ccc(OC)cc1. The fourth-order valence-corrected chi connectivity index (χ4v) is 6.16. The van der Waals surface area contributed by atoms with Gasteiger partial charge in [0.15, 0.2) is 5.69 Å². The molecule has 2 fully saturated rings. The number of carbonyl (C=O) groups is 3. The van der Waals surface area contributed by atoms with E-state index in [-0.39, 0.29) is 40.2 Å². The summed E-state index contributed by atoms with van der Waals surface area (Å²) in [5.74, 6) is -0.337. The number of nitrogens with zero attached hydrogens (tertiary/aromatic N) is 2. The van der Waals surface area contributed by atoms with Crippen LogP contribution in [0.3, 0.4) is 0 Å². The van der Waals surface area contributed by atoms with Crippen LogP contribution in [-0.2, 0) is 4.79 Å². The Morgan fingerprint density at radius 2 is 1.63 bits per heavy atom. The summed E-state index contributed by atoms with van der Waals surface area (Å²) in [6, 6.07) is 6.52. The third kappa shape index (κ3) is 6.46. The Morgan fingerprint density at radius 3 is 2.24 bits per heavy atom. The maximum Gasteiger partial charge on any atom is 0.273 e. The Hall–Kier alpha value is -3.14. The third-order valence-corrected chi connectivity index (χ3v) is 8.38. The molecule has 206 valence electrons. The second-order valence-electron chi connectivity index (χ2n) is 10.2. The molecular formula is C28H39N5O4S. The van der Waals surface area contributed by atoms with E-state index in [2.05, 4.69) is 15.0 Å². The lowest BCUT2D eigenvalue weighted by Gasteiger charge is -2.31. The Balaban J connectivity index is 1.63. The number of hydrogen-bond donors (Lipinski definition) is 3. The highest BCUT2D eigenvalue weighted by molar-refractivity contribution is 7.09. The van der Waals surface area contributed by atoms with Crippen LogP contribution in [0.1, 0.15) is 97.7 Å². The van der Waals surface area contributed by atoms with Gasteiger partial charge in [-0.05, 0) is 67.9 Å². The van der Waals surface area contributed by atoms with Gasteiger partial charge in [-0.25, -0.2) is 0 Å². The van der Waals surface area contributed by atoms with E-state index >= 15 is 0 Å². The molecular weight excluding hydrogens is 502 g/mol. The maximum absolute atomic E-state index is 14.1. The van der Waals surface area contributed by atoms with Crippen molar-refractivity contribution in [2.75, 3.05) is 17.7 Å². The molecule has 10 heteroatoms. The maximum atomic E-state index is 14.1. The molecule has 2 saturated carbocycles. The Bertz CT molecular complexity index is 1110. The summed E-state index contributed by atoms with van der Waals surface area (Å²) < 4.78 is 9.57. The molecule has 0 spiro atoms. The van der Waals surface area contributed by atoms with Gasteiger partial charge in [0.25, 0.3) is 11.8 Å². The quantitative estimate of drug-likeness (QED) is 0.401. The van der Waals surface area contributed by atoms with Crippen LogP contribution in [0, 0.1) is 0 Å². The first kappa shape index (κ1) is 27.9. The van der Waals surface area contributed by atoms with Crippen molar-refractivity contribution in [3.8, 4) is 5.75 Å². The summed E-state index contributed by atoms with van der Waals surface area (Å²) in [7, 11) is 1.57. The molecule has 4 rings (SSSR count). The zero-order chi connectivity index (χ0) is 27.1. The number of nitrogen functional groups attached to an aromatic ring is 1. The van der Waals surface area contributed by atoms with Gasteiger partial charge in [-0.2, -0.15) is 4.37 Å². The van der Waals surface area contributed by atoms with E-state index in [9.17, 15) is 14.4 Å². The van der Waals surface area contributed by atoms with Gasteiger partial charge in [0.05, 0.1) is 12.8 Å². The van der Waals surface area contributed by atoms with Crippen molar-refractivity contribution in [3.63, 3.8) is 0 Å². The van der Waals surface area contributed by atoms with Gasteiger partial charge < -0.3 is 21.1 Å². The number of aromatic nitrogens is 1. The summed E-state index contributed by atoms with van der Waals surface area (Å²) >= 11 is 0.902. The standard InChI is InChI=1S/C28H39N5O4S/c1-3-9-22(26(34)30-18-12-7-8-13-18)33(20-14-16-21(37-2)17-15-20)28(36)25-23(29)24(32-38-25)27(35)31-19-10-5-4-6-11-19/h14-19,22H,3-13,29H2,1-2H3,(H,30,34)(H,31,35). The molecule has 1 atom stereocenters. The van der Waals surface area contributed by atoms with E-state index in [0.717, 1.165) is 62.9 Å². The molecule has 1 aromatic heterocycles. The number of amides is 3. The number of ether oxygens (including phenoxy) is 1. The van der Waals surface area contributed by atoms with Crippen molar-refractivity contribution in [3.05, 3.63) is 34.8 Å². The normalized spacial score (nSPS) is 17.1. The number of rotatable bonds is 10. The average molecular weight is 542 g/mol. The zero-order valence-electron chi connectivity index (χ0n) is 22.3. The number of nitrogens with one attached hydrogen (secondary N) is 2. The molecule has 2 aromatic rings. The number of carbonyl (C=O) groups excluding carboxylic acids is 3. The molecule has 38 heavy (non-hydrogen) atoms. The second kappa shape index (κ2) is 13.1. The minimum Gasteiger partial charge on any atom is -0.497 e. The Morgan fingerprint density at radius 1 is 1.03 bits per heavy atom. The minimum atomic E-state index is -0.734. The molecule has 9 nitrogen and oxygen atoms in total. The summed E-state index contributed by atoms with van der Waals surface area (Å²) in [5.41, 5.74) is 7.05. The molecule has 0 radical (unpaired) electrons. The molecule has 1 unspecified atom stereocenters. The fraction of sp³-hybridized carbons (Fsp3) is 0.571. The van der Waals surface area contributed by atoms with E-state index in [1.165, 1.54) is 11.3 Å². The molecule has 0 aliphatic heterocycles. The molecule has 2 aliphatic rings. The lowest BCUT2D eigenvalue weighted by molar-refractivity contribution is -0.123. The summed E-state index contributed by atoms with van der Waals surface area (Å²) in [5, 5.41) is 6.19. The number of benzene rings is 1. The highest BCUT2D eigenvalue weighted by atomic mass is 32.1. The second-order valence-corrected chi connectivity index (χ2v) is 11.0. The van der Waals surface area contributed by atoms with Crippen molar-refractivity contribution in [2.45, 2.75) is 95.7 Å². The van der Waals surface area contributed by atoms with Crippen molar-refractivity contribution >= 4 is 40.6 Å². The highest BCUT2D eigenvalue weighted by Crippen LogP contribution is 2.31. The summed E-state index contributed by atoms with van der Waals surface area (Å²) in [6.07, 6.45) is 10.5. The van der Waals surface area contributed by atoms with E-state index in [4.69, 9.17) is 10.5 Å². The van der Waals surface area contributed by atoms with Gasteiger partial charge >= 0.3 is 0 Å². The molecule has 1 aromatic carbocycles. The van der Waals surface area contributed by atoms with Crippen LogP contribution in [0.5, 0.6) is 5.75 Å². The van der Waals surface area contributed by atoms with E-state index in [0.29, 0.717) is 24.3 Å². The lowest BCUT2D eigenvalue weighted by atomic mass is 9.95. The number of methoxy groups -OCH3 is 1. The number of anilines is 2. The number of hydrogen-bond acceptors (Lipinski definition) is 7. The monoisotopic (exact) mass is 541 g/mol. The smallest absolute Gasteiger partial charge is 0.273 e.